The Morgan fingerprint density at radius 3 is 2.55 bits per heavy atom. The number of hydrogen-bond acceptors (Lipinski definition) is 2. The number of allylic oxidation sites excluding steroid dienone is 1. The van der Waals surface area contributed by atoms with Crippen LogP contribution in [0, 0.1) is 17.3 Å². The summed E-state index contributed by atoms with van der Waals surface area (Å²) >= 11 is 23.2. The van der Waals surface area contributed by atoms with Crippen LogP contribution in [0.3, 0.4) is 0 Å². The van der Waals surface area contributed by atoms with Gasteiger partial charge in [-0.05, 0) is 35.4 Å². The van der Waals surface area contributed by atoms with E-state index in [1.807, 2.05) is 13.8 Å². The van der Waals surface area contributed by atoms with Crippen LogP contribution < -0.4 is 0 Å². The van der Waals surface area contributed by atoms with Crippen LogP contribution in [0.2, 0.25) is 10.0 Å². The smallest absolute Gasteiger partial charge is 0.309 e. The van der Waals surface area contributed by atoms with Crippen LogP contribution in [0.15, 0.2) is 28.8 Å². The summed E-state index contributed by atoms with van der Waals surface area (Å²) in [6, 6.07) is 5.16. The summed E-state index contributed by atoms with van der Waals surface area (Å²) < 4.78 is 5.63. The zero-order valence-corrected chi connectivity index (χ0v) is 15.2. The van der Waals surface area contributed by atoms with Gasteiger partial charge in [0.25, 0.3) is 0 Å². The molecule has 0 heterocycles. The Morgan fingerprint density at radius 2 is 2.00 bits per heavy atom. The first kappa shape index (κ1) is 17.9. The van der Waals surface area contributed by atoms with Gasteiger partial charge < -0.3 is 4.74 Å². The first-order chi connectivity index (χ1) is 10.2. The second-order valence-corrected chi connectivity index (χ2v) is 7.85. The third kappa shape index (κ3) is 3.91. The van der Waals surface area contributed by atoms with Gasteiger partial charge in [0.05, 0.1) is 16.0 Å². The molecule has 1 aliphatic rings. The van der Waals surface area contributed by atoms with Crippen molar-refractivity contribution < 1.29 is 9.53 Å². The van der Waals surface area contributed by atoms with Gasteiger partial charge in [-0.2, -0.15) is 0 Å². The second kappa shape index (κ2) is 7.00. The van der Waals surface area contributed by atoms with Crippen molar-refractivity contribution in [3.63, 3.8) is 0 Å². The van der Waals surface area contributed by atoms with Gasteiger partial charge in [-0.3, -0.25) is 4.79 Å². The van der Waals surface area contributed by atoms with E-state index in [2.05, 4.69) is 0 Å². The molecule has 2 unspecified atom stereocenters. The van der Waals surface area contributed by atoms with Crippen LogP contribution >= 0.6 is 46.4 Å². The van der Waals surface area contributed by atoms with Crippen LogP contribution in [0.4, 0.5) is 0 Å². The Labute approximate surface area is 150 Å². The van der Waals surface area contributed by atoms with Crippen LogP contribution in [0.25, 0.3) is 0 Å². The van der Waals surface area contributed by atoms with E-state index >= 15 is 0 Å². The maximum Gasteiger partial charge on any atom is 0.309 e. The van der Waals surface area contributed by atoms with Gasteiger partial charge in [-0.15, -0.1) is 0 Å². The summed E-state index contributed by atoms with van der Waals surface area (Å²) in [5.41, 5.74) is 0.587. The number of halogens is 4. The third-order valence-corrected chi connectivity index (χ3v) is 5.31. The Bertz CT molecular complexity index is 606. The molecule has 2 rings (SSSR count). The summed E-state index contributed by atoms with van der Waals surface area (Å²) in [5.74, 6) is -0.198. The molecule has 1 saturated carbocycles. The van der Waals surface area contributed by atoms with E-state index in [0.29, 0.717) is 16.5 Å². The first-order valence-electron chi connectivity index (χ1n) is 6.85. The van der Waals surface area contributed by atoms with Gasteiger partial charge in [0.1, 0.15) is 11.1 Å². The quantitative estimate of drug-likeness (QED) is 0.596. The van der Waals surface area contributed by atoms with E-state index < -0.39 is 0 Å². The van der Waals surface area contributed by atoms with Crippen molar-refractivity contribution >= 4 is 52.4 Å². The standard InChI is InChI=1S/C16H16Cl4O2/c1-16(2)10(7-14(19)20)6-11(16)15(21)22-8-9-3-4-12(17)13(18)5-9/h3-5,7,10-11H,6,8H2,1-2H3. The highest BCUT2D eigenvalue weighted by molar-refractivity contribution is 6.55. The van der Waals surface area contributed by atoms with E-state index in [-0.39, 0.29) is 34.3 Å². The number of ether oxygens (including phenoxy) is 1. The third-order valence-electron chi connectivity index (χ3n) is 4.32. The average molecular weight is 382 g/mol. The molecule has 1 fully saturated rings. The molecular weight excluding hydrogens is 366 g/mol. The summed E-state index contributed by atoms with van der Waals surface area (Å²) in [6.07, 6.45) is 2.47. The van der Waals surface area contributed by atoms with Crippen LogP contribution in [-0.2, 0) is 16.1 Å². The monoisotopic (exact) mass is 380 g/mol. The van der Waals surface area contributed by atoms with Gasteiger partial charge >= 0.3 is 5.97 Å². The van der Waals surface area contributed by atoms with Crippen molar-refractivity contribution in [1.82, 2.24) is 0 Å². The molecule has 0 N–H and O–H groups in total. The van der Waals surface area contributed by atoms with Gasteiger partial charge in [0.2, 0.25) is 0 Å². The van der Waals surface area contributed by atoms with E-state index in [4.69, 9.17) is 51.1 Å². The average Bonchev–Trinajstić information content (AvgIpc) is 2.43. The fourth-order valence-corrected chi connectivity index (χ4v) is 3.30. The van der Waals surface area contributed by atoms with E-state index in [1.54, 1.807) is 24.3 Å². The molecule has 0 saturated heterocycles. The molecule has 120 valence electrons. The van der Waals surface area contributed by atoms with E-state index in [9.17, 15) is 4.79 Å². The minimum Gasteiger partial charge on any atom is -0.461 e. The Hall–Kier alpha value is -0.410. The van der Waals surface area contributed by atoms with Crippen molar-refractivity contribution in [3.05, 3.63) is 44.4 Å². The molecule has 1 aromatic rings. The summed E-state index contributed by atoms with van der Waals surface area (Å²) in [5, 5.41) is 0.922. The molecule has 0 aliphatic heterocycles. The molecule has 0 amide bonds. The molecule has 22 heavy (non-hydrogen) atoms. The van der Waals surface area contributed by atoms with Crippen LogP contribution in [0.5, 0.6) is 0 Å². The molecule has 6 heteroatoms. The predicted molar refractivity (Wildman–Crippen MR) is 91.4 cm³/mol. The number of carbonyl (C=O) groups is 1. The number of rotatable bonds is 4. The van der Waals surface area contributed by atoms with Crippen LogP contribution in [0.1, 0.15) is 25.8 Å². The van der Waals surface area contributed by atoms with Gasteiger partial charge in [0.15, 0.2) is 0 Å². The van der Waals surface area contributed by atoms with Crippen molar-refractivity contribution in [2.45, 2.75) is 26.9 Å². The molecule has 0 spiro atoms. The van der Waals surface area contributed by atoms with Crippen molar-refractivity contribution in [3.8, 4) is 0 Å². The number of esters is 1. The van der Waals surface area contributed by atoms with E-state index in [1.165, 1.54) is 0 Å². The topological polar surface area (TPSA) is 26.3 Å². The number of benzene rings is 1. The van der Waals surface area contributed by atoms with Crippen molar-refractivity contribution in [2.24, 2.45) is 17.3 Å². The lowest BCUT2D eigenvalue weighted by Crippen LogP contribution is -2.48. The van der Waals surface area contributed by atoms with Gasteiger partial charge in [0, 0.05) is 0 Å². The molecule has 0 aromatic heterocycles. The highest BCUT2D eigenvalue weighted by Gasteiger charge is 2.51. The number of hydrogen-bond donors (Lipinski definition) is 0. The highest BCUT2D eigenvalue weighted by Crippen LogP contribution is 2.53. The Morgan fingerprint density at radius 1 is 1.32 bits per heavy atom. The molecule has 1 aromatic carbocycles. The SMILES string of the molecule is CC1(C)C(C=C(Cl)Cl)CC1C(=O)OCc1ccc(Cl)c(Cl)c1. The minimum absolute atomic E-state index is 0.163. The lowest BCUT2D eigenvalue weighted by Gasteiger charge is -2.49. The summed E-state index contributed by atoms with van der Waals surface area (Å²) in [7, 11) is 0. The maximum absolute atomic E-state index is 12.2. The molecule has 0 bridgehead atoms. The lowest BCUT2D eigenvalue weighted by molar-refractivity contribution is -0.164. The summed E-state index contributed by atoms with van der Waals surface area (Å²) in [6.45, 7) is 4.21. The summed E-state index contributed by atoms with van der Waals surface area (Å²) in [4.78, 5) is 12.2. The molecule has 0 radical (unpaired) electrons. The lowest BCUT2D eigenvalue weighted by atomic mass is 9.55. The zero-order chi connectivity index (χ0) is 16.5. The van der Waals surface area contributed by atoms with Gasteiger partial charge in [-0.1, -0.05) is 72.4 Å². The van der Waals surface area contributed by atoms with E-state index in [0.717, 1.165) is 5.56 Å². The highest BCUT2D eigenvalue weighted by atomic mass is 35.5. The Balaban J connectivity index is 1.93. The fourth-order valence-electron chi connectivity index (χ4n) is 2.68. The largest absolute Gasteiger partial charge is 0.461 e. The number of carbonyl (C=O) groups excluding carboxylic acids is 1. The molecule has 1 aliphatic carbocycles. The second-order valence-electron chi connectivity index (χ2n) is 6.03. The molecule has 2 nitrogen and oxygen atoms in total. The normalized spacial score (nSPS) is 22.6. The first-order valence-corrected chi connectivity index (χ1v) is 8.36. The van der Waals surface area contributed by atoms with Crippen molar-refractivity contribution in [2.75, 3.05) is 0 Å². The zero-order valence-electron chi connectivity index (χ0n) is 12.2. The molecule has 2 atom stereocenters. The maximum atomic E-state index is 12.2. The minimum atomic E-state index is -0.218. The predicted octanol–water partition coefficient (Wildman–Crippen LogP) is 6.02. The van der Waals surface area contributed by atoms with Crippen molar-refractivity contribution in [1.29, 1.82) is 0 Å². The molecular formula is C16H16Cl4O2. The van der Waals surface area contributed by atoms with Crippen LogP contribution in [-0.4, -0.2) is 5.97 Å². The van der Waals surface area contributed by atoms with Gasteiger partial charge in [-0.25, -0.2) is 0 Å². The Kier molecular flexibility index (Phi) is 5.71. The fraction of sp³-hybridized carbons (Fsp3) is 0.438.